The molecule has 1 aromatic carbocycles. The Morgan fingerprint density at radius 3 is 2.65 bits per heavy atom. The number of benzene rings is 1. The molecule has 1 aliphatic rings. The molecule has 0 aliphatic carbocycles. The summed E-state index contributed by atoms with van der Waals surface area (Å²) in [6.07, 6.45) is 0.0111. The molecule has 1 aliphatic heterocycles. The third-order valence-electron chi connectivity index (χ3n) is 3.85. The molecule has 0 N–H and O–H groups in total. The van der Waals surface area contributed by atoms with Gasteiger partial charge in [-0.25, -0.2) is 4.79 Å². The number of ether oxygens (including phenoxy) is 1. The standard InChI is InChI=1S/C17H16ClNO3S/c1-11(22-17(21)14-6-7-15(18)23-14)16(20)19-9-8-12-4-2-3-5-13(12)10-19/h2-7,11H,8-10H2,1H3/t11-/m0/s1. The second kappa shape index (κ2) is 6.72. The largest absolute Gasteiger partial charge is 0.448 e. The van der Waals surface area contributed by atoms with Crippen LogP contribution in [-0.2, 0) is 22.5 Å². The van der Waals surface area contributed by atoms with Gasteiger partial charge in [-0.05, 0) is 36.6 Å². The van der Waals surface area contributed by atoms with Gasteiger partial charge in [0.25, 0.3) is 5.91 Å². The molecular weight excluding hydrogens is 334 g/mol. The summed E-state index contributed by atoms with van der Waals surface area (Å²) in [7, 11) is 0. The Labute approximate surface area is 143 Å². The van der Waals surface area contributed by atoms with Gasteiger partial charge in [-0.15, -0.1) is 11.3 Å². The van der Waals surface area contributed by atoms with Crippen molar-refractivity contribution in [3.05, 3.63) is 56.7 Å². The molecule has 6 heteroatoms. The van der Waals surface area contributed by atoms with Gasteiger partial charge in [0.1, 0.15) is 4.88 Å². The number of hydrogen-bond donors (Lipinski definition) is 0. The van der Waals surface area contributed by atoms with Gasteiger partial charge in [0.05, 0.1) is 4.34 Å². The molecule has 0 radical (unpaired) electrons. The van der Waals surface area contributed by atoms with E-state index in [9.17, 15) is 9.59 Å². The van der Waals surface area contributed by atoms with Crippen LogP contribution < -0.4 is 0 Å². The first kappa shape index (κ1) is 16.0. The maximum absolute atomic E-state index is 12.5. The van der Waals surface area contributed by atoms with Crippen LogP contribution in [0.2, 0.25) is 4.34 Å². The van der Waals surface area contributed by atoms with Gasteiger partial charge in [0.2, 0.25) is 0 Å². The van der Waals surface area contributed by atoms with Crippen LogP contribution in [0.15, 0.2) is 36.4 Å². The molecular formula is C17H16ClNO3S. The molecule has 120 valence electrons. The molecule has 4 nitrogen and oxygen atoms in total. The van der Waals surface area contributed by atoms with E-state index in [4.69, 9.17) is 16.3 Å². The summed E-state index contributed by atoms with van der Waals surface area (Å²) < 4.78 is 5.79. The maximum Gasteiger partial charge on any atom is 0.349 e. The number of hydrogen-bond acceptors (Lipinski definition) is 4. The van der Waals surface area contributed by atoms with Gasteiger partial charge >= 0.3 is 5.97 Å². The smallest absolute Gasteiger partial charge is 0.349 e. The lowest BCUT2D eigenvalue weighted by Gasteiger charge is -2.30. The second-order valence-electron chi connectivity index (χ2n) is 5.43. The summed E-state index contributed by atoms with van der Waals surface area (Å²) in [5, 5.41) is 0. The van der Waals surface area contributed by atoms with Crippen LogP contribution in [0.25, 0.3) is 0 Å². The van der Waals surface area contributed by atoms with Crippen LogP contribution in [0.4, 0.5) is 0 Å². The monoisotopic (exact) mass is 349 g/mol. The van der Waals surface area contributed by atoms with Gasteiger partial charge in [-0.1, -0.05) is 35.9 Å². The number of carbonyl (C=O) groups is 2. The quantitative estimate of drug-likeness (QED) is 0.796. The number of esters is 1. The molecule has 0 saturated carbocycles. The lowest BCUT2D eigenvalue weighted by molar-refractivity contribution is -0.140. The predicted octanol–water partition coefficient (Wildman–Crippen LogP) is 3.53. The average Bonchev–Trinajstić information content (AvgIpc) is 3.00. The third kappa shape index (κ3) is 3.57. The summed E-state index contributed by atoms with van der Waals surface area (Å²) in [5.41, 5.74) is 2.42. The molecule has 0 spiro atoms. The molecule has 2 heterocycles. The van der Waals surface area contributed by atoms with E-state index in [1.54, 1.807) is 24.0 Å². The summed E-state index contributed by atoms with van der Waals surface area (Å²) >= 11 is 6.95. The molecule has 2 aromatic rings. The highest BCUT2D eigenvalue weighted by molar-refractivity contribution is 7.17. The van der Waals surface area contributed by atoms with Crippen molar-refractivity contribution in [2.24, 2.45) is 0 Å². The van der Waals surface area contributed by atoms with Crippen molar-refractivity contribution >= 4 is 34.8 Å². The highest BCUT2D eigenvalue weighted by atomic mass is 35.5. The number of rotatable bonds is 3. The highest BCUT2D eigenvalue weighted by Gasteiger charge is 2.27. The Morgan fingerprint density at radius 2 is 1.96 bits per heavy atom. The lowest BCUT2D eigenvalue weighted by atomic mass is 9.99. The van der Waals surface area contributed by atoms with E-state index >= 15 is 0 Å². The van der Waals surface area contributed by atoms with Gasteiger partial charge in [0, 0.05) is 13.1 Å². The number of amides is 1. The first-order valence-electron chi connectivity index (χ1n) is 7.36. The Bertz CT molecular complexity index is 743. The van der Waals surface area contributed by atoms with Crippen LogP contribution in [-0.4, -0.2) is 29.4 Å². The van der Waals surface area contributed by atoms with E-state index in [-0.39, 0.29) is 5.91 Å². The minimum atomic E-state index is -0.811. The number of carbonyl (C=O) groups excluding carboxylic acids is 2. The number of halogens is 1. The zero-order valence-corrected chi connectivity index (χ0v) is 14.2. The molecule has 1 amide bonds. The molecule has 1 aromatic heterocycles. The summed E-state index contributed by atoms with van der Waals surface area (Å²) in [6, 6.07) is 11.3. The van der Waals surface area contributed by atoms with Gasteiger partial charge in [0.15, 0.2) is 6.10 Å². The number of fused-ring (bicyclic) bond motifs is 1. The Hall–Kier alpha value is -1.85. The molecule has 0 unspecified atom stereocenters. The fraction of sp³-hybridized carbons (Fsp3) is 0.294. The van der Waals surface area contributed by atoms with Crippen molar-refractivity contribution < 1.29 is 14.3 Å². The van der Waals surface area contributed by atoms with Crippen molar-refractivity contribution in [3.63, 3.8) is 0 Å². The van der Waals surface area contributed by atoms with E-state index in [0.717, 1.165) is 23.3 Å². The van der Waals surface area contributed by atoms with Gasteiger partial charge in [-0.2, -0.15) is 0 Å². The van der Waals surface area contributed by atoms with Crippen molar-refractivity contribution in [2.75, 3.05) is 6.54 Å². The topological polar surface area (TPSA) is 46.6 Å². The predicted molar refractivity (Wildman–Crippen MR) is 89.8 cm³/mol. The Kier molecular flexibility index (Phi) is 4.68. The van der Waals surface area contributed by atoms with Crippen molar-refractivity contribution in [3.8, 4) is 0 Å². The minimum absolute atomic E-state index is 0.171. The first-order valence-corrected chi connectivity index (χ1v) is 8.56. The van der Waals surface area contributed by atoms with E-state index in [1.807, 2.05) is 18.2 Å². The zero-order valence-electron chi connectivity index (χ0n) is 12.6. The minimum Gasteiger partial charge on any atom is -0.448 e. The van der Waals surface area contributed by atoms with Crippen LogP contribution in [0.1, 0.15) is 27.7 Å². The van der Waals surface area contributed by atoms with E-state index < -0.39 is 12.1 Å². The van der Waals surface area contributed by atoms with E-state index in [2.05, 4.69) is 6.07 Å². The number of nitrogens with zero attached hydrogens (tertiary/aromatic N) is 1. The summed E-state index contributed by atoms with van der Waals surface area (Å²) in [6.45, 7) is 2.81. The molecule has 23 heavy (non-hydrogen) atoms. The van der Waals surface area contributed by atoms with Crippen molar-refractivity contribution in [1.29, 1.82) is 0 Å². The molecule has 1 atom stereocenters. The lowest BCUT2D eigenvalue weighted by Crippen LogP contribution is -2.42. The SMILES string of the molecule is C[C@H](OC(=O)c1ccc(Cl)s1)C(=O)N1CCc2ccccc2C1. The molecule has 3 rings (SSSR count). The fourth-order valence-corrected chi connectivity index (χ4v) is 3.56. The zero-order chi connectivity index (χ0) is 16.4. The number of thiophene rings is 1. The Balaban J connectivity index is 1.63. The average molecular weight is 350 g/mol. The summed E-state index contributed by atoms with van der Waals surface area (Å²) in [5.74, 6) is -0.685. The van der Waals surface area contributed by atoms with Crippen LogP contribution >= 0.6 is 22.9 Å². The maximum atomic E-state index is 12.5. The normalized spacial score (nSPS) is 15.0. The molecule has 0 bridgehead atoms. The molecule has 0 saturated heterocycles. The fourth-order valence-electron chi connectivity index (χ4n) is 2.63. The Morgan fingerprint density at radius 1 is 1.22 bits per heavy atom. The van der Waals surface area contributed by atoms with Crippen molar-refractivity contribution in [1.82, 2.24) is 4.90 Å². The first-order chi connectivity index (χ1) is 11.0. The third-order valence-corrected chi connectivity index (χ3v) is 5.06. The van der Waals surface area contributed by atoms with E-state index in [0.29, 0.717) is 22.3 Å². The van der Waals surface area contributed by atoms with Crippen LogP contribution in [0, 0.1) is 0 Å². The van der Waals surface area contributed by atoms with Crippen LogP contribution in [0.3, 0.4) is 0 Å². The highest BCUT2D eigenvalue weighted by Crippen LogP contribution is 2.23. The van der Waals surface area contributed by atoms with E-state index in [1.165, 1.54) is 5.56 Å². The molecule has 0 fully saturated rings. The van der Waals surface area contributed by atoms with Gasteiger partial charge in [-0.3, -0.25) is 4.79 Å². The summed E-state index contributed by atoms with van der Waals surface area (Å²) in [4.78, 5) is 26.7. The van der Waals surface area contributed by atoms with Crippen LogP contribution in [0.5, 0.6) is 0 Å². The van der Waals surface area contributed by atoms with Crippen molar-refractivity contribution in [2.45, 2.75) is 26.0 Å². The second-order valence-corrected chi connectivity index (χ2v) is 7.14. The van der Waals surface area contributed by atoms with Gasteiger partial charge < -0.3 is 9.64 Å².